The molecule has 1 atom stereocenters. The second kappa shape index (κ2) is 6.18. The molecule has 2 N–H and O–H groups in total. The molecular weight excluding hydrogens is 320 g/mol. The van der Waals surface area contributed by atoms with Gasteiger partial charge in [0.1, 0.15) is 0 Å². The van der Waals surface area contributed by atoms with E-state index in [2.05, 4.69) is 58.4 Å². The van der Waals surface area contributed by atoms with E-state index in [0.29, 0.717) is 0 Å². The summed E-state index contributed by atoms with van der Waals surface area (Å²) in [5.41, 5.74) is 7.30. The van der Waals surface area contributed by atoms with Gasteiger partial charge in [-0.3, -0.25) is 4.90 Å². The smallest absolute Gasteiger partial charge is 0.0509 e. The molecule has 0 radical (unpaired) electrons. The lowest BCUT2D eigenvalue weighted by molar-refractivity contribution is 0.254. The Morgan fingerprint density at radius 3 is 2.58 bits per heavy atom. The molecule has 0 fully saturated rings. The van der Waals surface area contributed by atoms with Gasteiger partial charge in [0, 0.05) is 27.8 Å². The first-order valence-electron chi connectivity index (χ1n) is 6.23. The van der Waals surface area contributed by atoms with Gasteiger partial charge >= 0.3 is 0 Å². The highest BCUT2D eigenvalue weighted by atomic mass is 79.9. The minimum atomic E-state index is -0.329. The Balaban J connectivity index is 2.00. The van der Waals surface area contributed by atoms with Crippen LogP contribution < -0.4 is 5.73 Å². The quantitative estimate of drug-likeness (QED) is 0.897. The Kier molecular flexibility index (Phi) is 4.79. The molecule has 0 aliphatic rings. The predicted octanol–water partition coefficient (Wildman–Crippen LogP) is 3.82. The van der Waals surface area contributed by atoms with Crippen molar-refractivity contribution in [1.82, 2.24) is 4.90 Å². The maximum absolute atomic E-state index is 6.45. The number of nitrogens with two attached hydrogens (primary N) is 1. The summed E-state index contributed by atoms with van der Waals surface area (Å²) in [4.78, 5) is 3.61. The van der Waals surface area contributed by atoms with Crippen LogP contribution in [-0.2, 0) is 12.1 Å². The lowest BCUT2D eigenvalue weighted by Gasteiger charge is -2.30. The highest BCUT2D eigenvalue weighted by molar-refractivity contribution is 9.10. The van der Waals surface area contributed by atoms with Crippen molar-refractivity contribution in [3.8, 4) is 0 Å². The number of halogens is 1. The Morgan fingerprint density at radius 2 is 2.00 bits per heavy atom. The van der Waals surface area contributed by atoms with Crippen molar-refractivity contribution in [2.75, 3.05) is 13.6 Å². The van der Waals surface area contributed by atoms with Crippen LogP contribution in [0.1, 0.15) is 17.4 Å². The summed E-state index contributed by atoms with van der Waals surface area (Å²) in [5.74, 6) is 0. The molecule has 1 aromatic heterocycles. The Bertz CT molecular complexity index is 522. The van der Waals surface area contributed by atoms with Gasteiger partial charge < -0.3 is 5.73 Å². The first kappa shape index (κ1) is 14.7. The second-order valence-corrected chi connectivity index (χ2v) is 7.10. The average Bonchev–Trinajstić information content (AvgIpc) is 2.75. The van der Waals surface area contributed by atoms with Crippen LogP contribution in [0.2, 0.25) is 0 Å². The summed E-state index contributed by atoms with van der Waals surface area (Å²) in [7, 11) is 2.11. The van der Waals surface area contributed by atoms with E-state index in [-0.39, 0.29) is 5.54 Å². The molecule has 0 aliphatic heterocycles. The van der Waals surface area contributed by atoms with Gasteiger partial charge in [0.2, 0.25) is 0 Å². The standard InChI is InChI=1S/C15H19BrN2S/c1-15(17,12-6-4-3-5-7-12)11-18(2)9-14-8-13(16)10-19-14/h3-8,10H,9,11,17H2,1-2H3. The topological polar surface area (TPSA) is 29.3 Å². The maximum Gasteiger partial charge on any atom is 0.0509 e. The van der Waals surface area contributed by atoms with Gasteiger partial charge in [-0.25, -0.2) is 0 Å². The zero-order valence-corrected chi connectivity index (χ0v) is 13.7. The van der Waals surface area contributed by atoms with Gasteiger partial charge in [-0.15, -0.1) is 11.3 Å². The molecule has 2 nitrogen and oxygen atoms in total. The molecule has 19 heavy (non-hydrogen) atoms. The highest BCUT2D eigenvalue weighted by Gasteiger charge is 2.22. The van der Waals surface area contributed by atoms with Gasteiger partial charge in [0.25, 0.3) is 0 Å². The number of benzene rings is 1. The first-order valence-corrected chi connectivity index (χ1v) is 7.90. The van der Waals surface area contributed by atoms with Crippen molar-refractivity contribution < 1.29 is 0 Å². The van der Waals surface area contributed by atoms with Crippen molar-refractivity contribution >= 4 is 27.3 Å². The van der Waals surface area contributed by atoms with E-state index in [1.807, 2.05) is 18.2 Å². The van der Waals surface area contributed by atoms with Crippen LogP contribution in [0.25, 0.3) is 0 Å². The monoisotopic (exact) mass is 338 g/mol. The maximum atomic E-state index is 6.45. The summed E-state index contributed by atoms with van der Waals surface area (Å²) in [6.45, 7) is 3.84. The molecular formula is C15H19BrN2S. The molecule has 0 aliphatic carbocycles. The van der Waals surface area contributed by atoms with E-state index in [1.54, 1.807) is 11.3 Å². The van der Waals surface area contributed by atoms with E-state index in [0.717, 1.165) is 17.6 Å². The fraction of sp³-hybridized carbons (Fsp3) is 0.333. The minimum absolute atomic E-state index is 0.329. The summed E-state index contributed by atoms with van der Waals surface area (Å²) < 4.78 is 1.15. The van der Waals surface area contributed by atoms with Crippen LogP contribution >= 0.6 is 27.3 Å². The third-order valence-corrected chi connectivity index (χ3v) is 4.76. The number of hydrogen-bond donors (Lipinski definition) is 1. The molecule has 102 valence electrons. The number of hydrogen-bond acceptors (Lipinski definition) is 3. The summed E-state index contributed by atoms with van der Waals surface area (Å²) in [5, 5.41) is 2.11. The molecule has 1 heterocycles. The predicted molar refractivity (Wildman–Crippen MR) is 86.3 cm³/mol. The van der Waals surface area contributed by atoms with Crippen molar-refractivity contribution in [1.29, 1.82) is 0 Å². The van der Waals surface area contributed by atoms with Crippen molar-refractivity contribution in [2.24, 2.45) is 5.73 Å². The fourth-order valence-electron chi connectivity index (χ4n) is 2.23. The zero-order valence-electron chi connectivity index (χ0n) is 11.3. The molecule has 0 saturated heterocycles. The summed E-state index contributed by atoms with van der Waals surface area (Å²) in [6, 6.07) is 12.4. The lowest BCUT2D eigenvalue weighted by Crippen LogP contribution is -2.43. The van der Waals surface area contributed by atoms with Gasteiger partial charge in [0.15, 0.2) is 0 Å². The van der Waals surface area contributed by atoms with Gasteiger partial charge in [-0.2, -0.15) is 0 Å². The average molecular weight is 339 g/mol. The molecule has 0 bridgehead atoms. The normalized spacial score (nSPS) is 14.6. The summed E-state index contributed by atoms with van der Waals surface area (Å²) >= 11 is 5.26. The van der Waals surface area contributed by atoms with Crippen LogP contribution in [0.3, 0.4) is 0 Å². The Labute approximate surface area is 127 Å². The second-order valence-electron chi connectivity index (χ2n) is 5.19. The van der Waals surface area contributed by atoms with Crippen molar-refractivity contribution in [3.63, 3.8) is 0 Å². The van der Waals surface area contributed by atoms with Crippen molar-refractivity contribution in [2.45, 2.75) is 19.0 Å². The largest absolute Gasteiger partial charge is 0.321 e. The number of likely N-dealkylation sites (N-methyl/N-ethyl adjacent to an activating group) is 1. The van der Waals surface area contributed by atoms with E-state index in [9.17, 15) is 0 Å². The SMILES string of the molecule is CN(Cc1cc(Br)cs1)CC(C)(N)c1ccccc1. The molecule has 0 spiro atoms. The van der Waals surface area contributed by atoms with E-state index >= 15 is 0 Å². The van der Waals surface area contributed by atoms with Gasteiger partial charge in [-0.1, -0.05) is 30.3 Å². The molecule has 0 saturated carbocycles. The molecule has 4 heteroatoms. The van der Waals surface area contributed by atoms with Gasteiger partial charge in [0.05, 0.1) is 5.54 Å². The van der Waals surface area contributed by atoms with Crippen LogP contribution in [0.5, 0.6) is 0 Å². The molecule has 1 aromatic carbocycles. The Hall–Kier alpha value is -0.680. The number of nitrogens with zero attached hydrogens (tertiary/aromatic N) is 1. The fourth-order valence-corrected chi connectivity index (χ4v) is 3.76. The number of rotatable bonds is 5. The van der Waals surface area contributed by atoms with E-state index in [4.69, 9.17) is 5.73 Å². The molecule has 1 unspecified atom stereocenters. The third kappa shape index (κ3) is 4.14. The zero-order chi connectivity index (χ0) is 13.9. The van der Waals surface area contributed by atoms with E-state index < -0.39 is 0 Å². The van der Waals surface area contributed by atoms with Crippen LogP contribution in [0.15, 0.2) is 46.3 Å². The van der Waals surface area contributed by atoms with Gasteiger partial charge in [-0.05, 0) is 41.5 Å². The van der Waals surface area contributed by atoms with Crippen LogP contribution in [0.4, 0.5) is 0 Å². The first-order chi connectivity index (χ1) is 8.97. The van der Waals surface area contributed by atoms with Crippen molar-refractivity contribution in [3.05, 3.63) is 56.7 Å². The Morgan fingerprint density at radius 1 is 1.32 bits per heavy atom. The van der Waals surface area contributed by atoms with Crippen LogP contribution in [0, 0.1) is 0 Å². The molecule has 0 amide bonds. The number of thiophene rings is 1. The molecule has 2 aromatic rings. The van der Waals surface area contributed by atoms with Crippen LogP contribution in [-0.4, -0.2) is 18.5 Å². The molecule has 2 rings (SSSR count). The minimum Gasteiger partial charge on any atom is -0.321 e. The summed E-state index contributed by atoms with van der Waals surface area (Å²) in [6.07, 6.45) is 0. The highest BCUT2D eigenvalue weighted by Crippen LogP contribution is 2.23. The van der Waals surface area contributed by atoms with E-state index in [1.165, 1.54) is 10.4 Å². The lowest BCUT2D eigenvalue weighted by atomic mass is 9.93. The third-order valence-electron chi connectivity index (χ3n) is 3.08.